The Morgan fingerprint density at radius 3 is 1.18 bits per heavy atom. The van der Waals surface area contributed by atoms with Crippen LogP contribution in [0.3, 0.4) is 0 Å². The van der Waals surface area contributed by atoms with Crippen LogP contribution in [0, 0.1) is 23.7 Å². The van der Waals surface area contributed by atoms with Crippen molar-refractivity contribution in [3.8, 4) is 0 Å². The molecule has 0 aromatic heterocycles. The van der Waals surface area contributed by atoms with E-state index in [1.165, 1.54) is 36.8 Å². The Labute approximate surface area is 158 Å². The van der Waals surface area contributed by atoms with Crippen LogP contribution in [-0.2, 0) is 0 Å². The van der Waals surface area contributed by atoms with Crippen LogP contribution in [-0.4, -0.2) is 0 Å². The van der Waals surface area contributed by atoms with Gasteiger partial charge >= 0.3 is 37.7 Å². The average molecular weight is 274 g/mol. The molecule has 0 nitrogen and oxygen atoms in total. The molecule has 2 fully saturated rings. The minimum atomic E-state index is 0. The van der Waals surface area contributed by atoms with Crippen molar-refractivity contribution >= 4 is 0 Å². The molecule has 0 saturated heterocycles. The summed E-state index contributed by atoms with van der Waals surface area (Å²) in [5.74, 6) is 5.22. The monoisotopic (exact) mass is 274 g/mol. The van der Waals surface area contributed by atoms with E-state index in [-0.39, 0.29) is 37.7 Å². The summed E-state index contributed by atoms with van der Waals surface area (Å²) in [5.41, 5.74) is 2.94. The molecule has 0 atom stereocenters. The first-order chi connectivity index (χ1) is 9.90. The average Bonchev–Trinajstić information content (AvgIpc) is 2.42. The number of hydrogen-bond donors (Lipinski definition) is 0. The van der Waals surface area contributed by atoms with Crippen molar-refractivity contribution in [3.05, 3.63) is 83.6 Å². The summed E-state index contributed by atoms with van der Waals surface area (Å²) in [6.07, 6.45) is 5.32. The van der Waals surface area contributed by atoms with E-state index < -0.39 is 0 Å². The molecule has 0 bridgehead atoms. The predicted octanol–water partition coefficient (Wildman–Crippen LogP) is -0.940. The molecule has 4 rings (SSSR count). The van der Waals surface area contributed by atoms with Crippen LogP contribution in [0.5, 0.6) is 0 Å². The standard InChI is InChI=1S/C20H20.2Li/c1-3-7-15(8-4-1)17-11-19(12-17)20-13-18(14-20)16-9-5-2-6-10-16;;/h1-10,19-20H,11-14H2;;/q-2;2*+1. The van der Waals surface area contributed by atoms with E-state index >= 15 is 0 Å². The van der Waals surface area contributed by atoms with Gasteiger partial charge in [0.2, 0.25) is 0 Å². The number of hydrogen-bond acceptors (Lipinski definition) is 0. The summed E-state index contributed by atoms with van der Waals surface area (Å²) in [6, 6.07) is 21.9. The van der Waals surface area contributed by atoms with Gasteiger partial charge in [0.25, 0.3) is 0 Å². The molecular formula is C20H20Li2. The van der Waals surface area contributed by atoms with Gasteiger partial charge in [-0.05, 0) is 0 Å². The fourth-order valence-electron chi connectivity index (χ4n) is 3.63. The molecular weight excluding hydrogens is 254 g/mol. The van der Waals surface area contributed by atoms with Gasteiger partial charge in [-0.1, -0.05) is 49.7 Å². The van der Waals surface area contributed by atoms with Gasteiger partial charge in [0.15, 0.2) is 0 Å². The van der Waals surface area contributed by atoms with Crippen molar-refractivity contribution in [2.75, 3.05) is 0 Å². The molecule has 0 aliphatic heterocycles. The third kappa shape index (κ3) is 3.48. The molecule has 0 radical (unpaired) electrons. The SMILES string of the molecule is [Li+].[Li+].c1ccc([C-]2CC(C3C[C-](c4ccccc4)C3)C2)cc1. The maximum atomic E-state index is 2.26. The molecule has 0 heterocycles. The van der Waals surface area contributed by atoms with Crippen LogP contribution < -0.4 is 37.7 Å². The zero-order valence-electron chi connectivity index (χ0n) is 13.8. The van der Waals surface area contributed by atoms with Crippen molar-refractivity contribution in [1.82, 2.24) is 0 Å². The van der Waals surface area contributed by atoms with Crippen LogP contribution in [0.2, 0.25) is 0 Å². The van der Waals surface area contributed by atoms with E-state index in [2.05, 4.69) is 60.7 Å². The molecule has 2 aromatic rings. The maximum absolute atomic E-state index is 2.26. The first-order valence-electron chi connectivity index (χ1n) is 7.70. The molecule has 0 amide bonds. The second-order valence-corrected chi connectivity index (χ2v) is 6.28. The predicted molar refractivity (Wildman–Crippen MR) is 83.0 cm³/mol. The third-order valence-corrected chi connectivity index (χ3v) is 5.07. The first kappa shape index (κ1) is 17.7. The Kier molecular flexibility index (Phi) is 6.26. The number of rotatable bonds is 3. The molecule has 0 spiro atoms. The Balaban J connectivity index is 0.000000882. The van der Waals surface area contributed by atoms with E-state index in [0.29, 0.717) is 0 Å². The van der Waals surface area contributed by atoms with Gasteiger partial charge < -0.3 is 0 Å². The van der Waals surface area contributed by atoms with Crippen LogP contribution in [0.15, 0.2) is 60.7 Å². The fraction of sp³-hybridized carbons (Fsp3) is 0.300. The molecule has 22 heavy (non-hydrogen) atoms. The molecule has 2 heteroatoms. The summed E-state index contributed by atoms with van der Waals surface area (Å²) >= 11 is 0. The van der Waals surface area contributed by atoms with Crippen LogP contribution in [0.1, 0.15) is 36.8 Å². The summed E-state index contributed by atoms with van der Waals surface area (Å²) in [5, 5.41) is 0. The quantitative estimate of drug-likeness (QED) is 0.501. The van der Waals surface area contributed by atoms with Crippen molar-refractivity contribution < 1.29 is 37.7 Å². The van der Waals surface area contributed by atoms with Gasteiger partial charge in [-0.3, -0.25) is 0 Å². The molecule has 2 saturated carbocycles. The summed E-state index contributed by atoms with van der Waals surface area (Å²) in [7, 11) is 0. The fourth-order valence-corrected chi connectivity index (χ4v) is 3.63. The van der Waals surface area contributed by atoms with E-state index in [4.69, 9.17) is 0 Å². The van der Waals surface area contributed by atoms with Crippen LogP contribution >= 0.6 is 0 Å². The molecule has 102 valence electrons. The first-order valence-corrected chi connectivity index (χ1v) is 7.70. The second-order valence-electron chi connectivity index (χ2n) is 6.28. The van der Waals surface area contributed by atoms with E-state index in [1.54, 1.807) is 11.8 Å². The van der Waals surface area contributed by atoms with Gasteiger partial charge in [0.1, 0.15) is 0 Å². The Bertz CT molecular complexity index is 501. The summed E-state index contributed by atoms with van der Waals surface area (Å²) in [4.78, 5) is 0. The van der Waals surface area contributed by atoms with E-state index in [9.17, 15) is 0 Å². The maximum Gasteiger partial charge on any atom is 1.00 e. The Morgan fingerprint density at radius 2 is 0.864 bits per heavy atom. The van der Waals surface area contributed by atoms with Crippen molar-refractivity contribution in [2.45, 2.75) is 25.7 Å². The van der Waals surface area contributed by atoms with Crippen molar-refractivity contribution in [2.24, 2.45) is 11.8 Å². The van der Waals surface area contributed by atoms with Crippen molar-refractivity contribution in [3.63, 3.8) is 0 Å². The second kappa shape index (κ2) is 7.77. The number of benzene rings is 2. The van der Waals surface area contributed by atoms with Crippen molar-refractivity contribution in [1.29, 1.82) is 0 Å². The molecule has 0 N–H and O–H groups in total. The summed E-state index contributed by atoms with van der Waals surface area (Å²) in [6.45, 7) is 0. The third-order valence-electron chi connectivity index (χ3n) is 5.07. The minimum Gasteiger partial charge on any atom is -0.189 e. The van der Waals surface area contributed by atoms with Gasteiger partial charge in [-0.25, -0.2) is 0 Å². The van der Waals surface area contributed by atoms with Crippen LogP contribution in [0.25, 0.3) is 0 Å². The van der Waals surface area contributed by atoms with Gasteiger partial charge in [0.05, 0.1) is 0 Å². The summed E-state index contributed by atoms with van der Waals surface area (Å²) < 4.78 is 0. The molecule has 2 aromatic carbocycles. The minimum absolute atomic E-state index is 0. The van der Waals surface area contributed by atoms with Crippen LogP contribution in [0.4, 0.5) is 0 Å². The van der Waals surface area contributed by atoms with Gasteiger partial charge in [-0.15, -0.1) is 24.3 Å². The van der Waals surface area contributed by atoms with E-state index in [1.807, 2.05) is 0 Å². The zero-order chi connectivity index (χ0) is 13.4. The molecule has 2 aliphatic carbocycles. The molecule has 0 unspecified atom stereocenters. The Morgan fingerprint density at radius 1 is 0.545 bits per heavy atom. The normalized spacial score (nSPS) is 17.8. The largest absolute Gasteiger partial charge is 1.00 e. The molecule has 2 aliphatic rings. The van der Waals surface area contributed by atoms with Gasteiger partial charge in [0, 0.05) is 0 Å². The topological polar surface area (TPSA) is 0 Å². The van der Waals surface area contributed by atoms with E-state index in [0.717, 1.165) is 11.8 Å². The smallest absolute Gasteiger partial charge is 0.189 e. The Hall–Kier alpha value is -0.625. The van der Waals surface area contributed by atoms with Gasteiger partial charge in [-0.2, -0.15) is 47.2 Å². The zero-order valence-corrected chi connectivity index (χ0v) is 13.8.